The summed E-state index contributed by atoms with van der Waals surface area (Å²) < 4.78 is 5.87. The first-order chi connectivity index (χ1) is 12.0. The lowest BCUT2D eigenvalue weighted by Gasteiger charge is -2.37. The molecule has 25 heavy (non-hydrogen) atoms. The summed E-state index contributed by atoms with van der Waals surface area (Å²) >= 11 is 5.81. The number of aromatic nitrogens is 2. The average Bonchev–Trinajstić information content (AvgIpc) is 3.06. The fourth-order valence-electron chi connectivity index (χ4n) is 5.15. The number of halogens is 1. The predicted octanol–water partition coefficient (Wildman–Crippen LogP) is 3.46. The number of hydrogen-bond donors (Lipinski definition) is 1. The van der Waals surface area contributed by atoms with E-state index in [-0.39, 0.29) is 5.60 Å². The van der Waals surface area contributed by atoms with E-state index in [1.54, 1.807) is 6.07 Å². The fraction of sp³-hybridized carbons (Fsp3) is 0.789. The lowest BCUT2D eigenvalue weighted by atomic mass is 9.88. The molecule has 1 saturated carbocycles. The molecule has 6 heteroatoms. The van der Waals surface area contributed by atoms with E-state index < -0.39 is 0 Å². The number of fused-ring (bicyclic) bond motifs is 1. The second kappa shape index (κ2) is 7.01. The Bertz CT molecular complexity index is 580. The Morgan fingerprint density at radius 2 is 2.00 bits per heavy atom. The van der Waals surface area contributed by atoms with Crippen molar-refractivity contribution in [2.75, 3.05) is 31.6 Å². The number of nitrogens with zero attached hydrogens (tertiary/aromatic N) is 3. The number of rotatable bonds is 4. The third-order valence-corrected chi connectivity index (χ3v) is 6.33. The van der Waals surface area contributed by atoms with Gasteiger partial charge < -0.3 is 15.0 Å². The summed E-state index contributed by atoms with van der Waals surface area (Å²) in [6.45, 7) is 9.15. The van der Waals surface area contributed by atoms with Crippen LogP contribution in [0.1, 0.15) is 39.5 Å². The molecule has 2 saturated heterocycles. The highest BCUT2D eigenvalue weighted by Crippen LogP contribution is 2.40. The van der Waals surface area contributed by atoms with Crippen LogP contribution in [0.2, 0.25) is 5.15 Å². The molecule has 0 spiro atoms. The second-order valence-electron chi connectivity index (χ2n) is 8.76. The van der Waals surface area contributed by atoms with E-state index in [1.807, 2.05) is 6.07 Å². The second-order valence-corrected chi connectivity index (χ2v) is 9.15. The van der Waals surface area contributed by atoms with Crippen molar-refractivity contribution in [3.05, 3.63) is 17.3 Å². The molecule has 1 aliphatic carbocycles. The highest BCUT2D eigenvalue weighted by atomic mass is 35.5. The van der Waals surface area contributed by atoms with Gasteiger partial charge in [0, 0.05) is 32.3 Å². The maximum Gasteiger partial charge on any atom is 0.151 e. The molecule has 1 aromatic rings. The van der Waals surface area contributed by atoms with Crippen molar-refractivity contribution < 1.29 is 4.74 Å². The number of hydrogen-bond acceptors (Lipinski definition) is 5. The van der Waals surface area contributed by atoms with Crippen LogP contribution in [0.15, 0.2) is 12.1 Å². The zero-order valence-electron chi connectivity index (χ0n) is 15.2. The van der Waals surface area contributed by atoms with Gasteiger partial charge in [0.2, 0.25) is 0 Å². The van der Waals surface area contributed by atoms with Crippen molar-refractivity contribution in [3.63, 3.8) is 0 Å². The third kappa shape index (κ3) is 4.26. The summed E-state index contributed by atoms with van der Waals surface area (Å²) in [5.41, 5.74) is 0.0626. The van der Waals surface area contributed by atoms with Crippen LogP contribution < -0.4 is 5.32 Å². The number of ether oxygens (including phenoxy) is 1. The van der Waals surface area contributed by atoms with Crippen molar-refractivity contribution >= 4 is 17.4 Å². The highest BCUT2D eigenvalue weighted by molar-refractivity contribution is 6.29. The Morgan fingerprint density at radius 3 is 2.64 bits per heavy atom. The van der Waals surface area contributed by atoms with E-state index in [9.17, 15) is 0 Å². The topological polar surface area (TPSA) is 50.3 Å². The van der Waals surface area contributed by atoms with Gasteiger partial charge in [-0.05, 0) is 69.4 Å². The quantitative estimate of drug-likeness (QED) is 0.886. The molecule has 4 rings (SSSR count). The van der Waals surface area contributed by atoms with Gasteiger partial charge in [-0.2, -0.15) is 0 Å². The summed E-state index contributed by atoms with van der Waals surface area (Å²) in [4.78, 5) is 2.71. The number of anilines is 1. The molecule has 3 aliphatic rings. The van der Waals surface area contributed by atoms with E-state index in [4.69, 9.17) is 16.3 Å². The van der Waals surface area contributed by atoms with Gasteiger partial charge in [0.15, 0.2) is 5.15 Å². The van der Waals surface area contributed by atoms with E-state index in [0.717, 1.165) is 30.2 Å². The molecule has 0 aromatic carbocycles. The van der Waals surface area contributed by atoms with Gasteiger partial charge in [-0.25, -0.2) is 0 Å². The third-order valence-electron chi connectivity index (χ3n) is 6.13. The standard InChI is InChI=1S/C19H29ClN4O/c1-19(2)9-13(5-6-25-19)10-24-11-14-7-16(8-15(14)12-24)21-18-4-3-17(20)22-23-18/h3-4,13-16H,5-12H2,1-2H3,(H,21,23). The van der Waals surface area contributed by atoms with Gasteiger partial charge in [0.1, 0.15) is 5.82 Å². The molecule has 0 radical (unpaired) electrons. The van der Waals surface area contributed by atoms with Gasteiger partial charge in [-0.3, -0.25) is 0 Å². The summed E-state index contributed by atoms with van der Waals surface area (Å²) in [7, 11) is 0. The molecule has 3 heterocycles. The van der Waals surface area contributed by atoms with E-state index in [2.05, 4.69) is 34.3 Å². The maximum atomic E-state index is 5.87. The first-order valence-corrected chi connectivity index (χ1v) is 9.97. The molecule has 1 aromatic heterocycles. The lowest BCUT2D eigenvalue weighted by Crippen LogP contribution is -2.39. The van der Waals surface area contributed by atoms with Gasteiger partial charge in [-0.1, -0.05) is 11.6 Å². The minimum absolute atomic E-state index is 0.0626. The van der Waals surface area contributed by atoms with Crippen molar-refractivity contribution in [3.8, 4) is 0 Å². The van der Waals surface area contributed by atoms with Crippen LogP contribution in [-0.4, -0.2) is 53.0 Å². The Kier molecular flexibility index (Phi) is 4.91. The number of nitrogens with one attached hydrogen (secondary N) is 1. The monoisotopic (exact) mass is 364 g/mol. The molecule has 0 amide bonds. The van der Waals surface area contributed by atoms with Crippen molar-refractivity contribution in [1.29, 1.82) is 0 Å². The van der Waals surface area contributed by atoms with Crippen molar-refractivity contribution in [2.45, 2.75) is 51.2 Å². The first kappa shape index (κ1) is 17.5. The van der Waals surface area contributed by atoms with Crippen LogP contribution in [0, 0.1) is 17.8 Å². The van der Waals surface area contributed by atoms with Gasteiger partial charge >= 0.3 is 0 Å². The Balaban J connectivity index is 1.25. The molecular weight excluding hydrogens is 336 g/mol. The SMILES string of the molecule is CC1(C)CC(CN2CC3CC(Nc4ccc(Cl)nn4)CC3C2)CCO1. The van der Waals surface area contributed by atoms with E-state index >= 15 is 0 Å². The van der Waals surface area contributed by atoms with Crippen molar-refractivity contribution in [2.24, 2.45) is 17.8 Å². The molecule has 3 unspecified atom stereocenters. The summed E-state index contributed by atoms with van der Waals surface area (Å²) in [5.74, 6) is 3.28. The van der Waals surface area contributed by atoms with Crippen LogP contribution in [0.5, 0.6) is 0 Å². The van der Waals surface area contributed by atoms with Crippen LogP contribution >= 0.6 is 11.6 Å². The van der Waals surface area contributed by atoms with Crippen LogP contribution in [0.25, 0.3) is 0 Å². The molecule has 5 nitrogen and oxygen atoms in total. The smallest absolute Gasteiger partial charge is 0.151 e. The van der Waals surface area contributed by atoms with E-state index in [0.29, 0.717) is 11.2 Å². The normalized spacial score (nSPS) is 34.8. The summed E-state index contributed by atoms with van der Waals surface area (Å²) in [6.07, 6.45) is 4.89. The largest absolute Gasteiger partial charge is 0.376 e. The molecule has 2 aliphatic heterocycles. The zero-order chi connectivity index (χ0) is 17.4. The van der Waals surface area contributed by atoms with Gasteiger partial charge in [0.05, 0.1) is 5.60 Å². The number of likely N-dealkylation sites (tertiary alicyclic amines) is 1. The highest BCUT2D eigenvalue weighted by Gasteiger charge is 2.42. The lowest BCUT2D eigenvalue weighted by molar-refractivity contribution is -0.0762. The van der Waals surface area contributed by atoms with E-state index in [1.165, 1.54) is 45.3 Å². The van der Waals surface area contributed by atoms with Crippen LogP contribution in [0.4, 0.5) is 5.82 Å². The molecule has 0 bridgehead atoms. The van der Waals surface area contributed by atoms with Crippen LogP contribution in [-0.2, 0) is 4.74 Å². The minimum Gasteiger partial charge on any atom is -0.376 e. The molecule has 3 fully saturated rings. The van der Waals surface area contributed by atoms with Crippen molar-refractivity contribution in [1.82, 2.24) is 15.1 Å². The first-order valence-electron chi connectivity index (χ1n) is 9.59. The minimum atomic E-state index is 0.0626. The van der Waals surface area contributed by atoms with Gasteiger partial charge in [-0.15, -0.1) is 10.2 Å². The Labute approximate surface area is 155 Å². The fourth-order valence-corrected chi connectivity index (χ4v) is 5.25. The molecule has 138 valence electrons. The average molecular weight is 365 g/mol. The Hall–Kier alpha value is -0.910. The maximum absolute atomic E-state index is 5.87. The summed E-state index contributed by atoms with van der Waals surface area (Å²) in [6, 6.07) is 4.24. The van der Waals surface area contributed by atoms with Gasteiger partial charge in [0.25, 0.3) is 0 Å². The molecule has 1 N–H and O–H groups in total. The summed E-state index contributed by atoms with van der Waals surface area (Å²) in [5, 5.41) is 12.0. The predicted molar refractivity (Wildman–Crippen MR) is 99.9 cm³/mol. The molecular formula is C19H29ClN4O. The zero-order valence-corrected chi connectivity index (χ0v) is 16.0. The molecule has 3 atom stereocenters. The Morgan fingerprint density at radius 1 is 1.24 bits per heavy atom. The van der Waals surface area contributed by atoms with Crippen LogP contribution in [0.3, 0.4) is 0 Å².